The van der Waals surface area contributed by atoms with Crippen molar-refractivity contribution in [3.63, 3.8) is 0 Å². The van der Waals surface area contributed by atoms with E-state index in [0.717, 1.165) is 150 Å². The molecule has 20 fully saturated rings. The van der Waals surface area contributed by atoms with Crippen LogP contribution in [0.5, 0.6) is 0 Å². The van der Waals surface area contributed by atoms with Gasteiger partial charge in [0, 0.05) is 95.1 Å². The number of carboxylic acids is 1. The molecule has 24 rings (SSSR count). The number of aliphatic hydroxyl groups excluding tert-OH is 2. The Morgan fingerprint density at radius 2 is 0.759 bits per heavy atom. The minimum atomic E-state index is -3.42. The number of carboxylic acid groups (broad SMARTS) is 1. The Morgan fingerprint density at radius 1 is 0.464 bits per heavy atom. The van der Waals surface area contributed by atoms with Crippen molar-refractivity contribution in [2.75, 3.05) is 32.0 Å². The van der Waals surface area contributed by atoms with Crippen molar-refractivity contribution in [1.82, 2.24) is 61.1 Å². The summed E-state index contributed by atoms with van der Waals surface area (Å²) in [5.74, 6) is 12.1. The first-order chi connectivity index (χ1) is 52.6. The summed E-state index contributed by atoms with van der Waals surface area (Å²) in [7, 11) is -3.42. The number of nitrogens with zero attached hydrogens (tertiary/aromatic N) is 7. The minimum absolute atomic E-state index is 0. The number of hydrogen-bond acceptors (Lipinski definition) is 21. The van der Waals surface area contributed by atoms with Crippen LogP contribution in [0, 0.1) is 88.8 Å². The fourth-order valence-corrected chi connectivity index (χ4v) is 27.1. The zero-order valence-electron chi connectivity index (χ0n) is 66.0. The Morgan fingerprint density at radius 3 is 1.05 bits per heavy atom. The Bertz CT molecular complexity index is 3910. The number of nitrogens with two attached hydrogens (primary N) is 1. The summed E-state index contributed by atoms with van der Waals surface area (Å²) >= 11 is 8.57. The number of thioether (sulfide) groups is 2. The summed E-state index contributed by atoms with van der Waals surface area (Å²) in [5, 5.41) is 38.9. The van der Waals surface area contributed by atoms with E-state index in [1.165, 1.54) is 190 Å². The normalized spacial score (nSPS) is 34.8. The van der Waals surface area contributed by atoms with Gasteiger partial charge in [0.2, 0.25) is 38.6 Å². The molecule has 30 heteroatoms. The van der Waals surface area contributed by atoms with Crippen LogP contribution >= 0.6 is 35.1 Å². The monoisotopic (exact) mass is 1630 g/mol. The molecule has 610 valence electrons. The number of H-pyrrole nitrogens is 1. The predicted octanol–water partition coefficient (Wildman–Crippen LogP) is 7.62. The summed E-state index contributed by atoms with van der Waals surface area (Å²) < 4.78 is 23.1. The third kappa shape index (κ3) is 23.8. The number of aryl methyl sites for hydroxylation is 3. The first kappa shape index (κ1) is 88.1. The SMILES string of the molecule is CS(=O)(=O)c1nccc(CCC(=O)NC23CC4CC(CC(C4)C2)C3)n1.CSc1nccc(CCC(=O)NC23CC4CC(CC(C4)C2)C3)n1.CSc1nccc(Cl)n1.NC12CC3CC(CC(C3)C1)C2.O=C(CCc1ccnc(=O)[nH]1)NC12CC3CC(CC(C3)C1)C2.O=C(CO)NC12CC3CC(CC(C3)C1)C2.O=C(O)CO.[Na+].[OH-]. The van der Waals surface area contributed by atoms with Crippen LogP contribution in [-0.2, 0) is 53.1 Å². The summed E-state index contributed by atoms with van der Waals surface area (Å²) in [4.78, 5) is 99.6. The standard InChI is InChI=1S/C18H25N3O3S.C18H25N3OS.C17H23N3O2.C12H19NO2.C10H17N.C5H5ClN2S.C2H4O3.Na.H2O/c1-25(23,24)17-19-5-4-15(20-17)2-3-16(22)21-18-9-12-6-13(10-18)8-14(7-12)11-18;1-23-17-19-5-4-15(20-17)2-3-16(22)21-18-9-12-6-13(10-18)8-14(7-12)11-18;21-15(2-1-14-3-4-18-16(22)19-14)20-17-8-11-5-12(9-17)7-13(6-11)10-17;14-7-11(15)13-12-4-8-1-9(5-12)3-10(2-8)6-12;11-10-4-7-1-8(5-10)3-9(2-7)6-10;1-9-5-7-3-2-4(6)8-5;3-1-2(4)5;;/h4-5,12-14H,2-3,6-11H2,1H3,(H,21,22);4-5,12-14H,2-3,6-11H2,1H3,(H,21,22);3-4,11-13H,1-2,5-10H2,(H,20,21)(H,18,19,22);8-10,14H,1-7H2,(H,13,15);7-9H,1-6,11H2;2-3H,1H3;3H,1H2,(H,4,5);;1H2/q;;;;;;;+1;/p-1. The molecule has 4 aromatic heterocycles. The van der Waals surface area contributed by atoms with E-state index < -0.39 is 22.4 Å². The molecule has 0 aromatic carbocycles. The fourth-order valence-electron chi connectivity index (χ4n) is 25.7. The van der Waals surface area contributed by atoms with Gasteiger partial charge >= 0.3 is 41.2 Å². The molecular weight excluding hydrogens is 1510 g/mol. The zero-order valence-corrected chi connectivity index (χ0v) is 71.2. The molecule has 20 saturated carbocycles. The number of hydrogen-bond donors (Lipinski definition) is 9. The van der Waals surface area contributed by atoms with Crippen LogP contribution < -0.4 is 62.2 Å². The molecule has 4 heterocycles. The first-order valence-corrected chi connectivity index (χ1v) is 45.7. The third-order valence-electron chi connectivity index (χ3n) is 27.4. The minimum Gasteiger partial charge on any atom is -0.870 e. The van der Waals surface area contributed by atoms with Gasteiger partial charge in [-0.05, 0) is 337 Å². The summed E-state index contributed by atoms with van der Waals surface area (Å²) in [6.07, 6.45) is 53.5. The van der Waals surface area contributed by atoms with Crippen LogP contribution in [0.15, 0.2) is 69.3 Å². The molecule has 25 nitrogen and oxygen atoms in total. The quantitative estimate of drug-likeness (QED) is 0.0200. The second-order valence-corrected chi connectivity index (χ2v) is 40.7. The van der Waals surface area contributed by atoms with Crippen molar-refractivity contribution in [3.8, 4) is 0 Å². The van der Waals surface area contributed by atoms with E-state index >= 15 is 0 Å². The summed E-state index contributed by atoms with van der Waals surface area (Å²) in [5.41, 5.74) is 8.90. The van der Waals surface area contributed by atoms with E-state index in [1.807, 2.05) is 18.6 Å². The number of nitrogens with one attached hydrogen (secondary N) is 5. The fraction of sp³-hybridized carbons (Fsp3) is 0.744. The molecule has 0 radical (unpaired) electrons. The molecule has 20 aliphatic rings. The number of halogens is 1. The van der Waals surface area contributed by atoms with Crippen molar-refractivity contribution in [2.24, 2.45) is 94.5 Å². The molecule has 4 aromatic rings. The van der Waals surface area contributed by atoms with Crippen LogP contribution in [0.25, 0.3) is 0 Å². The molecule has 0 unspecified atom stereocenters. The first-order valence-electron chi connectivity index (χ1n) is 41.0. The van der Waals surface area contributed by atoms with Crippen molar-refractivity contribution in [3.05, 3.63) is 81.8 Å². The number of aliphatic carboxylic acids is 1. The van der Waals surface area contributed by atoms with Gasteiger partial charge in [-0.15, -0.1) is 0 Å². The Labute approximate surface area is 695 Å². The summed E-state index contributed by atoms with van der Waals surface area (Å²) in [6.45, 7) is -1.14. The van der Waals surface area contributed by atoms with E-state index in [2.05, 4.69) is 61.1 Å². The van der Waals surface area contributed by atoms with Gasteiger partial charge < -0.3 is 52.8 Å². The smallest absolute Gasteiger partial charge is 0.870 e. The van der Waals surface area contributed by atoms with Gasteiger partial charge in [0.15, 0.2) is 10.3 Å². The number of aromatic nitrogens is 8. The molecular formula is C82H119ClN13NaO12S3. The second-order valence-electron chi connectivity index (χ2n) is 36.9. The number of sulfone groups is 1. The molecule has 0 spiro atoms. The molecule has 11 N–H and O–H groups in total. The average molecular weight is 1630 g/mol. The van der Waals surface area contributed by atoms with E-state index in [9.17, 15) is 32.4 Å². The van der Waals surface area contributed by atoms with E-state index in [-0.39, 0.29) is 98.3 Å². The van der Waals surface area contributed by atoms with Crippen LogP contribution in [0.2, 0.25) is 5.15 Å². The van der Waals surface area contributed by atoms with E-state index in [1.54, 1.807) is 30.6 Å². The molecule has 20 aliphatic carbocycles. The molecule has 112 heavy (non-hydrogen) atoms. The number of aromatic amines is 1. The summed E-state index contributed by atoms with van der Waals surface area (Å²) in [6, 6.07) is 7.01. The van der Waals surface area contributed by atoms with Gasteiger partial charge in [-0.25, -0.2) is 52.9 Å². The van der Waals surface area contributed by atoms with Crippen molar-refractivity contribution in [2.45, 2.75) is 274 Å². The number of aliphatic hydroxyl groups is 2. The van der Waals surface area contributed by atoms with Crippen molar-refractivity contribution in [1.29, 1.82) is 0 Å². The second kappa shape index (κ2) is 38.3. The van der Waals surface area contributed by atoms with Gasteiger partial charge in [-0.3, -0.25) is 19.2 Å². The van der Waals surface area contributed by atoms with Crippen LogP contribution in [-0.4, -0.2) is 158 Å². The number of amides is 4. The van der Waals surface area contributed by atoms with Gasteiger partial charge in [0.05, 0.1) is 0 Å². The van der Waals surface area contributed by atoms with E-state index in [4.69, 9.17) is 37.4 Å². The maximum absolute atomic E-state index is 12.5. The third-order valence-corrected chi connectivity index (χ3v) is 29.6. The number of rotatable bonds is 18. The topological polar surface area (TPSA) is 407 Å². The van der Waals surface area contributed by atoms with E-state index in [0.29, 0.717) is 60.1 Å². The number of carbonyl (C=O) groups excluding carboxylic acids is 4. The molecule has 0 saturated heterocycles. The number of carbonyl (C=O) groups is 5. The maximum Gasteiger partial charge on any atom is 1.00 e. The largest absolute Gasteiger partial charge is 1.00 e. The predicted molar refractivity (Wildman–Crippen MR) is 423 cm³/mol. The molecule has 0 aliphatic heterocycles. The van der Waals surface area contributed by atoms with Gasteiger partial charge in [0.25, 0.3) is 0 Å². The molecule has 0 atom stereocenters. The maximum atomic E-state index is 12.5. The van der Waals surface area contributed by atoms with Crippen molar-refractivity contribution >= 4 is 74.6 Å². The van der Waals surface area contributed by atoms with Gasteiger partial charge in [-0.2, -0.15) is 0 Å². The molecule has 20 bridgehead atoms. The zero-order chi connectivity index (χ0) is 77.6. The average Bonchev–Trinajstić information content (AvgIpc) is 0.769. The Kier molecular flexibility index (Phi) is 30.1. The van der Waals surface area contributed by atoms with Crippen LogP contribution in [0.3, 0.4) is 0 Å². The van der Waals surface area contributed by atoms with Crippen LogP contribution in [0.4, 0.5) is 0 Å². The van der Waals surface area contributed by atoms with Crippen LogP contribution in [0.1, 0.15) is 229 Å². The Hall–Kier alpha value is -4.75. The van der Waals surface area contributed by atoms with Gasteiger partial charge in [0.1, 0.15) is 18.4 Å². The van der Waals surface area contributed by atoms with Crippen molar-refractivity contribution < 1.29 is 82.7 Å². The molecule has 4 amide bonds. The Balaban J connectivity index is 0.000000134. The van der Waals surface area contributed by atoms with Gasteiger partial charge in [-0.1, -0.05) is 35.1 Å².